The molecule has 4 nitrogen and oxygen atoms in total. The van der Waals surface area contributed by atoms with Gasteiger partial charge in [0.1, 0.15) is 12.3 Å². The molecule has 0 bridgehead atoms. The Morgan fingerprint density at radius 2 is 2.00 bits per heavy atom. The van der Waals surface area contributed by atoms with Crippen LogP contribution in [0.5, 0.6) is 0 Å². The maximum Gasteiger partial charge on any atom is 0.355 e. The molecule has 0 unspecified atom stereocenters. The van der Waals surface area contributed by atoms with Crippen molar-refractivity contribution in [1.82, 2.24) is 4.57 Å². The molecule has 2 N–H and O–H groups in total. The fourth-order valence-electron chi connectivity index (χ4n) is 2.26. The predicted molar refractivity (Wildman–Crippen MR) is 84.3 cm³/mol. The Morgan fingerprint density at radius 3 is 2.67 bits per heavy atom. The van der Waals surface area contributed by atoms with Gasteiger partial charge in [-0.15, -0.1) is 0 Å². The molecule has 0 amide bonds. The van der Waals surface area contributed by atoms with Gasteiger partial charge in [-0.25, -0.2) is 4.79 Å². The number of hydrogen-bond acceptors (Lipinski definition) is 3. The molecule has 1 aromatic heterocycles. The van der Waals surface area contributed by atoms with Crippen molar-refractivity contribution >= 4 is 11.7 Å². The number of carbonyl (C=O) groups is 1. The molecule has 0 aliphatic heterocycles. The first kappa shape index (κ1) is 15.2. The second-order valence-electron chi connectivity index (χ2n) is 5.67. The molecule has 2 aromatic rings. The minimum Gasteiger partial charge on any atom is -0.456 e. The smallest absolute Gasteiger partial charge is 0.355 e. The first-order chi connectivity index (χ1) is 9.88. The van der Waals surface area contributed by atoms with Crippen molar-refractivity contribution < 1.29 is 9.53 Å². The fourth-order valence-corrected chi connectivity index (χ4v) is 2.26. The summed E-state index contributed by atoms with van der Waals surface area (Å²) in [6, 6.07) is 7.94. The van der Waals surface area contributed by atoms with E-state index in [4.69, 9.17) is 10.5 Å². The highest BCUT2D eigenvalue weighted by Gasteiger charge is 2.16. The lowest BCUT2D eigenvalue weighted by molar-refractivity contribution is 0.0457. The van der Waals surface area contributed by atoms with E-state index in [-0.39, 0.29) is 18.6 Å². The van der Waals surface area contributed by atoms with Crippen LogP contribution in [0.4, 0.5) is 5.69 Å². The van der Waals surface area contributed by atoms with Gasteiger partial charge in [0, 0.05) is 12.2 Å². The van der Waals surface area contributed by atoms with E-state index in [1.54, 1.807) is 12.3 Å². The number of aromatic nitrogens is 1. The van der Waals surface area contributed by atoms with E-state index in [0.717, 1.165) is 16.7 Å². The van der Waals surface area contributed by atoms with Crippen LogP contribution in [0, 0.1) is 13.8 Å². The third-order valence-electron chi connectivity index (χ3n) is 3.50. The average Bonchev–Trinajstić information content (AvgIpc) is 2.82. The van der Waals surface area contributed by atoms with Crippen LogP contribution < -0.4 is 5.73 Å². The van der Waals surface area contributed by atoms with Gasteiger partial charge in [-0.3, -0.25) is 0 Å². The molecule has 0 aliphatic carbocycles. The van der Waals surface area contributed by atoms with E-state index in [2.05, 4.69) is 0 Å². The molecule has 21 heavy (non-hydrogen) atoms. The Balaban J connectivity index is 2.14. The third kappa shape index (κ3) is 3.45. The lowest BCUT2D eigenvalue weighted by atomic mass is 10.1. The predicted octanol–water partition coefficient (Wildman–Crippen LogP) is 3.63. The molecular weight excluding hydrogens is 264 g/mol. The quantitative estimate of drug-likeness (QED) is 0.873. The van der Waals surface area contributed by atoms with E-state index < -0.39 is 0 Å². The minimum atomic E-state index is -0.346. The van der Waals surface area contributed by atoms with Crippen molar-refractivity contribution in [3.8, 4) is 0 Å². The summed E-state index contributed by atoms with van der Waals surface area (Å²) in [4.78, 5) is 12.3. The van der Waals surface area contributed by atoms with E-state index in [9.17, 15) is 4.79 Å². The number of nitrogen functional groups attached to an aromatic ring is 1. The zero-order valence-corrected chi connectivity index (χ0v) is 13.0. The van der Waals surface area contributed by atoms with Crippen LogP contribution in [-0.4, -0.2) is 10.5 Å². The summed E-state index contributed by atoms with van der Waals surface area (Å²) in [5.74, 6) is -0.346. The number of aryl methyl sites for hydroxylation is 2. The van der Waals surface area contributed by atoms with Crippen molar-refractivity contribution in [1.29, 1.82) is 0 Å². The molecule has 0 radical (unpaired) electrons. The third-order valence-corrected chi connectivity index (χ3v) is 3.50. The van der Waals surface area contributed by atoms with Gasteiger partial charge in [0.05, 0.1) is 5.69 Å². The highest BCUT2D eigenvalue weighted by atomic mass is 16.5. The highest BCUT2D eigenvalue weighted by Crippen LogP contribution is 2.19. The first-order valence-corrected chi connectivity index (χ1v) is 7.09. The summed E-state index contributed by atoms with van der Waals surface area (Å²) in [6.07, 6.45) is 1.76. The monoisotopic (exact) mass is 286 g/mol. The van der Waals surface area contributed by atoms with Gasteiger partial charge in [0.15, 0.2) is 0 Å². The largest absolute Gasteiger partial charge is 0.456 e. The first-order valence-electron chi connectivity index (χ1n) is 7.09. The normalized spacial score (nSPS) is 10.9. The zero-order chi connectivity index (χ0) is 15.6. The summed E-state index contributed by atoms with van der Waals surface area (Å²) in [6.45, 7) is 8.31. The van der Waals surface area contributed by atoms with E-state index in [1.807, 2.05) is 50.5 Å². The van der Waals surface area contributed by atoms with Gasteiger partial charge in [-0.2, -0.15) is 0 Å². The summed E-state index contributed by atoms with van der Waals surface area (Å²) < 4.78 is 7.27. The summed E-state index contributed by atoms with van der Waals surface area (Å²) in [5.41, 5.74) is 10.1. The number of benzene rings is 1. The molecule has 4 heteroatoms. The molecular formula is C17H22N2O2. The Bertz CT molecular complexity index is 657. The van der Waals surface area contributed by atoms with Crippen LogP contribution >= 0.6 is 0 Å². The molecule has 0 saturated carbocycles. The lowest BCUT2D eigenvalue weighted by Gasteiger charge is -2.13. The molecule has 1 aromatic carbocycles. The Kier molecular flexibility index (Phi) is 4.36. The second-order valence-corrected chi connectivity index (χ2v) is 5.67. The molecule has 112 valence electrons. The number of nitrogens with zero attached hydrogens (tertiary/aromatic N) is 1. The van der Waals surface area contributed by atoms with Crippen molar-refractivity contribution in [3.05, 3.63) is 52.8 Å². The van der Waals surface area contributed by atoms with Crippen LogP contribution in [0.1, 0.15) is 47.1 Å². The molecule has 0 aliphatic rings. The van der Waals surface area contributed by atoms with Gasteiger partial charge in [0.2, 0.25) is 0 Å². The van der Waals surface area contributed by atoms with Crippen LogP contribution in [0.2, 0.25) is 0 Å². The molecule has 2 rings (SSSR count). The van der Waals surface area contributed by atoms with Gasteiger partial charge >= 0.3 is 5.97 Å². The minimum absolute atomic E-state index is 0.158. The number of esters is 1. The molecule has 0 spiro atoms. The van der Waals surface area contributed by atoms with E-state index >= 15 is 0 Å². The maximum absolute atomic E-state index is 12.3. The number of anilines is 1. The van der Waals surface area contributed by atoms with Crippen LogP contribution in [0.25, 0.3) is 0 Å². The summed E-state index contributed by atoms with van der Waals surface area (Å²) in [5, 5.41) is 0. The zero-order valence-electron chi connectivity index (χ0n) is 13.0. The number of ether oxygens (including phenoxy) is 1. The molecule has 0 fully saturated rings. The standard InChI is InChI=1S/C17H22N2O2/c1-11(2)19-9-15(18)8-16(19)17(20)21-10-14-7-12(3)5-6-13(14)4/h5-9,11H,10,18H2,1-4H3. The molecule has 0 atom stereocenters. The Morgan fingerprint density at radius 1 is 1.29 bits per heavy atom. The number of carbonyl (C=O) groups excluding carboxylic acids is 1. The van der Waals surface area contributed by atoms with E-state index in [0.29, 0.717) is 11.4 Å². The van der Waals surface area contributed by atoms with Crippen LogP contribution in [0.15, 0.2) is 30.5 Å². The van der Waals surface area contributed by atoms with E-state index in [1.165, 1.54) is 0 Å². The molecule has 1 heterocycles. The molecule has 0 saturated heterocycles. The summed E-state index contributed by atoms with van der Waals surface area (Å²) >= 11 is 0. The van der Waals surface area contributed by atoms with Crippen molar-refractivity contribution in [2.24, 2.45) is 0 Å². The Labute approximate surface area is 125 Å². The fraction of sp³-hybridized carbons (Fsp3) is 0.353. The number of nitrogens with two attached hydrogens (primary N) is 1. The Hall–Kier alpha value is -2.23. The van der Waals surface area contributed by atoms with Gasteiger partial charge in [-0.05, 0) is 44.9 Å². The van der Waals surface area contributed by atoms with Gasteiger partial charge in [-0.1, -0.05) is 23.8 Å². The number of rotatable bonds is 4. The van der Waals surface area contributed by atoms with Crippen LogP contribution in [0.3, 0.4) is 0 Å². The van der Waals surface area contributed by atoms with Crippen LogP contribution in [-0.2, 0) is 11.3 Å². The lowest BCUT2D eigenvalue weighted by Crippen LogP contribution is -2.13. The van der Waals surface area contributed by atoms with Gasteiger partial charge in [0.25, 0.3) is 0 Å². The highest BCUT2D eigenvalue weighted by molar-refractivity contribution is 5.89. The number of hydrogen-bond donors (Lipinski definition) is 1. The average molecular weight is 286 g/mol. The van der Waals surface area contributed by atoms with Crippen molar-refractivity contribution in [2.45, 2.75) is 40.3 Å². The maximum atomic E-state index is 12.3. The second kappa shape index (κ2) is 6.04. The topological polar surface area (TPSA) is 57.2 Å². The van der Waals surface area contributed by atoms with Crippen molar-refractivity contribution in [2.75, 3.05) is 5.73 Å². The van der Waals surface area contributed by atoms with Crippen molar-refractivity contribution in [3.63, 3.8) is 0 Å². The van der Waals surface area contributed by atoms with Gasteiger partial charge < -0.3 is 15.0 Å². The SMILES string of the molecule is Cc1ccc(C)c(COC(=O)c2cc(N)cn2C(C)C)c1. The summed E-state index contributed by atoms with van der Waals surface area (Å²) in [7, 11) is 0.